The quantitative estimate of drug-likeness (QED) is 0.693. The van der Waals surface area contributed by atoms with Crippen LogP contribution >= 0.6 is 0 Å². The summed E-state index contributed by atoms with van der Waals surface area (Å²) in [5.74, 6) is 0.918. The molecule has 0 aliphatic heterocycles. The summed E-state index contributed by atoms with van der Waals surface area (Å²) in [5.41, 5.74) is 1.32. The van der Waals surface area contributed by atoms with E-state index in [0.717, 1.165) is 5.75 Å². The summed E-state index contributed by atoms with van der Waals surface area (Å²) < 4.78 is 5.18. The highest BCUT2D eigenvalue weighted by atomic mass is 16.5. The maximum atomic E-state index is 5.18. The van der Waals surface area contributed by atoms with Crippen LogP contribution in [0, 0.1) is 0 Å². The van der Waals surface area contributed by atoms with Crippen LogP contribution in [0.25, 0.3) is 0 Å². The lowest BCUT2D eigenvalue weighted by molar-refractivity contribution is 0.413. The molecule has 1 N–H and O–H groups in total. The van der Waals surface area contributed by atoms with Gasteiger partial charge in [-0.3, -0.25) is 0 Å². The smallest absolute Gasteiger partial charge is 0.118 e. The standard InChI is InChI=1S/C16H27NO/c1-5-6-7-8-13(2)17-14(3)15-9-11-16(18-4)12-10-15/h9-14,17H,5-8H2,1-4H3. The van der Waals surface area contributed by atoms with E-state index < -0.39 is 0 Å². The van der Waals surface area contributed by atoms with E-state index in [-0.39, 0.29) is 0 Å². The van der Waals surface area contributed by atoms with Crippen LogP contribution in [0.5, 0.6) is 5.75 Å². The molecular weight excluding hydrogens is 222 g/mol. The van der Waals surface area contributed by atoms with E-state index in [1.165, 1.54) is 31.2 Å². The van der Waals surface area contributed by atoms with Crippen LogP contribution < -0.4 is 10.1 Å². The summed E-state index contributed by atoms with van der Waals surface area (Å²) >= 11 is 0. The van der Waals surface area contributed by atoms with E-state index in [9.17, 15) is 0 Å². The van der Waals surface area contributed by atoms with Crippen molar-refractivity contribution in [3.63, 3.8) is 0 Å². The van der Waals surface area contributed by atoms with Gasteiger partial charge in [-0.25, -0.2) is 0 Å². The van der Waals surface area contributed by atoms with Crippen LogP contribution in [-0.4, -0.2) is 13.2 Å². The van der Waals surface area contributed by atoms with Crippen molar-refractivity contribution < 1.29 is 4.74 Å². The molecule has 0 spiro atoms. The first kappa shape index (κ1) is 15.0. The molecule has 2 unspecified atom stereocenters. The summed E-state index contributed by atoms with van der Waals surface area (Å²) in [6.07, 6.45) is 5.21. The highest BCUT2D eigenvalue weighted by molar-refractivity contribution is 5.28. The molecule has 18 heavy (non-hydrogen) atoms. The molecule has 102 valence electrons. The second-order valence-electron chi connectivity index (χ2n) is 5.06. The third-order valence-electron chi connectivity index (χ3n) is 3.39. The third kappa shape index (κ3) is 5.09. The maximum Gasteiger partial charge on any atom is 0.118 e. The Balaban J connectivity index is 2.40. The molecule has 0 fully saturated rings. The Bertz CT molecular complexity index is 320. The second-order valence-corrected chi connectivity index (χ2v) is 5.06. The zero-order valence-electron chi connectivity index (χ0n) is 12.2. The lowest BCUT2D eigenvalue weighted by atomic mass is 10.1. The van der Waals surface area contributed by atoms with Crippen molar-refractivity contribution in [2.75, 3.05) is 7.11 Å². The highest BCUT2D eigenvalue weighted by Gasteiger charge is 2.09. The fourth-order valence-corrected chi connectivity index (χ4v) is 2.20. The van der Waals surface area contributed by atoms with Gasteiger partial charge in [0.1, 0.15) is 5.75 Å². The predicted octanol–water partition coefficient (Wildman–Crippen LogP) is 4.31. The molecule has 2 heteroatoms. The summed E-state index contributed by atoms with van der Waals surface area (Å²) in [6, 6.07) is 9.29. The topological polar surface area (TPSA) is 21.3 Å². The second kappa shape index (κ2) is 8.15. The fraction of sp³-hybridized carbons (Fsp3) is 0.625. The summed E-state index contributed by atoms with van der Waals surface area (Å²) in [5, 5.41) is 3.65. The minimum atomic E-state index is 0.396. The highest BCUT2D eigenvalue weighted by Crippen LogP contribution is 2.18. The Morgan fingerprint density at radius 1 is 1.11 bits per heavy atom. The number of nitrogens with one attached hydrogen (secondary N) is 1. The molecule has 0 radical (unpaired) electrons. The molecule has 1 aromatic rings. The van der Waals surface area contributed by atoms with Crippen molar-refractivity contribution in [2.24, 2.45) is 0 Å². The van der Waals surface area contributed by atoms with E-state index in [1.54, 1.807) is 7.11 Å². The Morgan fingerprint density at radius 2 is 1.78 bits per heavy atom. The molecule has 0 saturated heterocycles. The van der Waals surface area contributed by atoms with Gasteiger partial charge in [0.15, 0.2) is 0 Å². The molecule has 0 heterocycles. The molecular formula is C16H27NO. The van der Waals surface area contributed by atoms with Crippen LogP contribution in [0.3, 0.4) is 0 Å². The van der Waals surface area contributed by atoms with Crippen molar-refractivity contribution in [1.29, 1.82) is 0 Å². The van der Waals surface area contributed by atoms with Gasteiger partial charge in [0.25, 0.3) is 0 Å². The van der Waals surface area contributed by atoms with Gasteiger partial charge in [-0.2, -0.15) is 0 Å². The van der Waals surface area contributed by atoms with E-state index in [4.69, 9.17) is 4.74 Å². The number of benzene rings is 1. The first-order chi connectivity index (χ1) is 8.67. The van der Waals surface area contributed by atoms with Crippen molar-refractivity contribution in [3.8, 4) is 5.75 Å². The summed E-state index contributed by atoms with van der Waals surface area (Å²) in [7, 11) is 1.70. The van der Waals surface area contributed by atoms with E-state index in [0.29, 0.717) is 12.1 Å². The molecule has 0 saturated carbocycles. The Kier molecular flexibility index (Phi) is 6.81. The molecule has 1 rings (SSSR count). The zero-order chi connectivity index (χ0) is 13.4. The number of ether oxygens (including phenoxy) is 1. The van der Waals surface area contributed by atoms with Crippen LogP contribution in [0.2, 0.25) is 0 Å². The van der Waals surface area contributed by atoms with Gasteiger partial charge in [0.2, 0.25) is 0 Å². The monoisotopic (exact) mass is 249 g/mol. The van der Waals surface area contributed by atoms with Crippen molar-refractivity contribution in [1.82, 2.24) is 5.32 Å². The summed E-state index contributed by atoms with van der Waals surface area (Å²) in [6.45, 7) is 6.74. The first-order valence-electron chi connectivity index (χ1n) is 7.07. The fourth-order valence-electron chi connectivity index (χ4n) is 2.20. The Morgan fingerprint density at radius 3 is 2.33 bits per heavy atom. The predicted molar refractivity (Wildman–Crippen MR) is 78.1 cm³/mol. The minimum absolute atomic E-state index is 0.396. The molecule has 2 nitrogen and oxygen atoms in total. The van der Waals surface area contributed by atoms with Crippen LogP contribution in [0.1, 0.15) is 58.1 Å². The zero-order valence-corrected chi connectivity index (χ0v) is 12.2. The van der Waals surface area contributed by atoms with Crippen LogP contribution in [0.4, 0.5) is 0 Å². The van der Waals surface area contributed by atoms with Gasteiger partial charge in [-0.1, -0.05) is 38.3 Å². The van der Waals surface area contributed by atoms with Crippen molar-refractivity contribution >= 4 is 0 Å². The largest absolute Gasteiger partial charge is 0.497 e. The molecule has 0 aliphatic carbocycles. The van der Waals surface area contributed by atoms with Crippen molar-refractivity contribution in [2.45, 2.75) is 58.5 Å². The number of hydrogen-bond donors (Lipinski definition) is 1. The number of unbranched alkanes of at least 4 members (excludes halogenated alkanes) is 2. The molecule has 1 aromatic carbocycles. The Hall–Kier alpha value is -1.02. The molecule has 0 aromatic heterocycles. The number of methoxy groups -OCH3 is 1. The minimum Gasteiger partial charge on any atom is -0.497 e. The van der Waals surface area contributed by atoms with Crippen LogP contribution in [0.15, 0.2) is 24.3 Å². The lowest BCUT2D eigenvalue weighted by Crippen LogP contribution is -2.28. The number of rotatable bonds is 8. The van der Waals surface area contributed by atoms with Gasteiger partial charge in [-0.15, -0.1) is 0 Å². The van der Waals surface area contributed by atoms with Crippen molar-refractivity contribution in [3.05, 3.63) is 29.8 Å². The van der Waals surface area contributed by atoms with Gasteiger partial charge < -0.3 is 10.1 Å². The average molecular weight is 249 g/mol. The third-order valence-corrected chi connectivity index (χ3v) is 3.39. The average Bonchev–Trinajstić information content (AvgIpc) is 2.39. The van der Waals surface area contributed by atoms with Gasteiger partial charge in [0, 0.05) is 12.1 Å². The molecule has 0 aliphatic rings. The van der Waals surface area contributed by atoms with Gasteiger partial charge in [0.05, 0.1) is 7.11 Å². The molecule has 2 atom stereocenters. The normalized spacial score (nSPS) is 14.2. The van der Waals surface area contributed by atoms with E-state index in [1.807, 2.05) is 12.1 Å². The van der Waals surface area contributed by atoms with Gasteiger partial charge >= 0.3 is 0 Å². The van der Waals surface area contributed by atoms with E-state index in [2.05, 4.69) is 38.2 Å². The first-order valence-corrected chi connectivity index (χ1v) is 7.07. The molecule has 0 bridgehead atoms. The number of hydrogen-bond acceptors (Lipinski definition) is 2. The van der Waals surface area contributed by atoms with E-state index >= 15 is 0 Å². The summed E-state index contributed by atoms with van der Waals surface area (Å²) in [4.78, 5) is 0. The SMILES string of the molecule is CCCCCC(C)NC(C)c1ccc(OC)cc1. The molecule has 0 amide bonds. The lowest BCUT2D eigenvalue weighted by Gasteiger charge is -2.20. The van der Waals surface area contributed by atoms with Gasteiger partial charge in [-0.05, 0) is 38.0 Å². The maximum absolute atomic E-state index is 5.18. The Labute approximate surface area is 112 Å². The van der Waals surface area contributed by atoms with Crippen LogP contribution in [-0.2, 0) is 0 Å².